The SMILES string of the molecule is CC.CC.COC1CNCc2ccccc21. The quantitative estimate of drug-likeness (QED) is 0.786. The number of fused-ring (bicyclic) bond motifs is 1. The Morgan fingerprint density at radius 3 is 2.38 bits per heavy atom. The normalized spacial score (nSPS) is 17.2. The first-order valence-corrected chi connectivity index (χ1v) is 6.23. The zero-order valence-corrected chi connectivity index (χ0v) is 11.2. The molecule has 0 bridgehead atoms. The van der Waals surface area contributed by atoms with Crippen molar-refractivity contribution in [2.24, 2.45) is 0 Å². The van der Waals surface area contributed by atoms with Crippen LogP contribution in [0.2, 0.25) is 0 Å². The Morgan fingerprint density at radius 1 is 1.12 bits per heavy atom. The summed E-state index contributed by atoms with van der Waals surface area (Å²) in [5.41, 5.74) is 2.69. The Hall–Kier alpha value is -0.860. The minimum absolute atomic E-state index is 0.231. The van der Waals surface area contributed by atoms with Crippen LogP contribution in [0.4, 0.5) is 0 Å². The first-order valence-electron chi connectivity index (χ1n) is 6.23. The molecule has 2 nitrogen and oxygen atoms in total. The molecular formula is C14H25NO. The maximum absolute atomic E-state index is 5.36. The van der Waals surface area contributed by atoms with Crippen molar-refractivity contribution in [3.05, 3.63) is 35.4 Å². The summed E-state index contributed by atoms with van der Waals surface area (Å²) < 4.78 is 5.36. The third kappa shape index (κ3) is 3.95. The molecule has 1 aliphatic heterocycles. The van der Waals surface area contributed by atoms with Crippen LogP contribution in [0.5, 0.6) is 0 Å². The molecule has 1 aromatic rings. The Balaban J connectivity index is 0.000000509. The third-order valence-corrected chi connectivity index (χ3v) is 2.33. The topological polar surface area (TPSA) is 21.3 Å². The van der Waals surface area contributed by atoms with Crippen LogP contribution in [-0.4, -0.2) is 13.7 Å². The van der Waals surface area contributed by atoms with Crippen molar-refractivity contribution in [3.8, 4) is 0 Å². The number of methoxy groups -OCH3 is 1. The number of nitrogens with one attached hydrogen (secondary N) is 1. The van der Waals surface area contributed by atoms with Gasteiger partial charge in [-0.05, 0) is 11.1 Å². The molecular weight excluding hydrogens is 198 g/mol. The van der Waals surface area contributed by atoms with Gasteiger partial charge in [0.05, 0.1) is 6.10 Å². The zero-order chi connectivity index (χ0) is 12.4. The van der Waals surface area contributed by atoms with E-state index in [1.54, 1.807) is 7.11 Å². The molecule has 1 aromatic carbocycles. The van der Waals surface area contributed by atoms with Gasteiger partial charge in [-0.1, -0.05) is 52.0 Å². The van der Waals surface area contributed by atoms with Gasteiger partial charge in [0.25, 0.3) is 0 Å². The fourth-order valence-electron chi connectivity index (χ4n) is 1.67. The van der Waals surface area contributed by atoms with Crippen LogP contribution < -0.4 is 5.32 Å². The Labute approximate surface area is 100 Å². The van der Waals surface area contributed by atoms with Crippen LogP contribution in [0.15, 0.2) is 24.3 Å². The highest BCUT2D eigenvalue weighted by molar-refractivity contribution is 5.31. The van der Waals surface area contributed by atoms with Crippen molar-refractivity contribution in [3.63, 3.8) is 0 Å². The minimum Gasteiger partial charge on any atom is -0.375 e. The second-order valence-corrected chi connectivity index (χ2v) is 3.05. The average Bonchev–Trinajstić information content (AvgIpc) is 2.42. The molecule has 16 heavy (non-hydrogen) atoms. The van der Waals surface area contributed by atoms with E-state index in [2.05, 4.69) is 29.6 Å². The molecule has 0 radical (unpaired) electrons. The van der Waals surface area contributed by atoms with Crippen molar-refractivity contribution in [1.82, 2.24) is 5.32 Å². The summed E-state index contributed by atoms with van der Waals surface area (Å²) in [6, 6.07) is 8.42. The Morgan fingerprint density at radius 2 is 1.75 bits per heavy atom. The van der Waals surface area contributed by atoms with Gasteiger partial charge >= 0.3 is 0 Å². The lowest BCUT2D eigenvalue weighted by atomic mass is 9.99. The number of ether oxygens (including phenoxy) is 1. The molecule has 92 valence electrons. The molecule has 1 unspecified atom stereocenters. The fraction of sp³-hybridized carbons (Fsp3) is 0.571. The summed E-state index contributed by atoms with van der Waals surface area (Å²) in [4.78, 5) is 0. The second kappa shape index (κ2) is 9.37. The third-order valence-electron chi connectivity index (χ3n) is 2.33. The molecule has 1 atom stereocenters. The van der Waals surface area contributed by atoms with Crippen molar-refractivity contribution < 1.29 is 4.74 Å². The molecule has 1 N–H and O–H groups in total. The standard InChI is InChI=1S/C10H13NO.2C2H6/c1-12-10-7-11-6-8-4-2-3-5-9(8)10;2*1-2/h2-5,10-11H,6-7H2,1H3;2*1-2H3. The van der Waals surface area contributed by atoms with E-state index >= 15 is 0 Å². The average molecular weight is 223 g/mol. The maximum atomic E-state index is 5.36. The van der Waals surface area contributed by atoms with E-state index in [4.69, 9.17) is 4.74 Å². The Kier molecular flexibility index (Phi) is 8.87. The largest absolute Gasteiger partial charge is 0.375 e. The van der Waals surface area contributed by atoms with Crippen molar-refractivity contribution in [2.75, 3.05) is 13.7 Å². The van der Waals surface area contributed by atoms with Gasteiger partial charge in [-0.25, -0.2) is 0 Å². The van der Waals surface area contributed by atoms with Gasteiger partial charge in [0.1, 0.15) is 0 Å². The zero-order valence-electron chi connectivity index (χ0n) is 11.2. The maximum Gasteiger partial charge on any atom is 0.0948 e. The molecule has 0 aliphatic carbocycles. The first-order chi connectivity index (χ1) is 7.92. The van der Waals surface area contributed by atoms with Crippen molar-refractivity contribution in [1.29, 1.82) is 0 Å². The number of rotatable bonds is 1. The second-order valence-electron chi connectivity index (χ2n) is 3.05. The van der Waals surface area contributed by atoms with Gasteiger partial charge in [-0.2, -0.15) is 0 Å². The monoisotopic (exact) mass is 223 g/mol. The minimum atomic E-state index is 0.231. The smallest absolute Gasteiger partial charge is 0.0948 e. The molecule has 1 aliphatic rings. The summed E-state index contributed by atoms with van der Waals surface area (Å²) in [5.74, 6) is 0. The van der Waals surface area contributed by atoms with E-state index in [0.717, 1.165) is 13.1 Å². The fourth-order valence-corrected chi connectivity index (χ4v) is 1.67. The predicted molar refractivity (Wildman–Crippen MR) is 70.6 cm³/mol. The molecule has 0 saturated carbocycles. The van der Waals surface area contributed by atoms with Gasteiger partial charge in [0.15, 0.2) is 0 Å². The summed E-state index contributed by atoms with van der Waals surface area (Å²) in [6.07, 6.45) is 0.231. The van der Waals surface area contributed by atoms with E-state index in [0.29, 0.717) is 0 Å². The van der Waals surface area contributed by atoms with Gasteiger partial charge in [-0.15, -0.1) is 0 Å². The first kappa shape index (κ1) is 15.1. The molecule has 0 spiro atoms. The van der Waals surface area contributed by atoms with E-state index in [9.17, 15) is 0 Å². The van der Waals surface area contributed by atoms with Gasteiger partial charge < -0.3 is 10.1 Å². The summed E-state index contributed by atoms with van der Waals surface area (Å²) in [7, 11) is 1.76. The van der Waals surface area contributed by atoms with Gasteiger partial charge in [0.2, 0.25) is 0 Å². The lowest BCUT2D eigenvalue weighted by molar-refractivity contribution is 0.0955. The molecule has 2 heteroatoms. The van der Waals surface area contributed by atoms with E-state index in [1.165, 1.54) is 11.1 Å². The summed E-state index contributed by atoms with van der Waals surface area (Å²) in [6.45, 7) is 9.89. The molecule has 0 aromatic heterocycles. The highest BCUT2D eigenvalue weighted by Crippen LogP contribution is 2.23. The molecule has 0 amide bonds. The van der Waals surface area contributed by atoms with Gasteiger partial charge in [0, 0.05) is 20.2 Å². The van der Waals surface area contributed by atoms with Gasteiger partial charge in [-0.3, -0.25) is 0 Å². The Bertz CT molecular complexity index is 273. The van der Waals surface area contributed by atoms with Crippen LogP contribution in [0, 0.1) is 0 Å². The van der Waals surface area contributed by atoms with E-state index < -0.39 is 0 Å². The summed E-state index contributed by atoms with van der Waals surface area (Å²) in [5, 5.41) is 3.32. The van der Waals surface area contributed by atoms with E-state index in [1.807, 2.05) is 27.7 Å². The van der Waals surface area contributed by atoms with Crippen LogP contribution in [0.25, 0.3) is 0 Å². The van der Waals surface area contributed by atoms with Crippen molar-refractivity contribution in [2.45, 2.75) is 40.3 Å². The van der Waals surface area contributed by atoms with E-state index in [-0.39, 0.29) is 6.10 Å². The lowest BCUT2D eigenvalue weighted by Crippen LogP contribution is -2.28. The van der Waals surface area contributed by atoms with Crippen LogP contribution in [-0.2, 0) is 11.3 Å². The molecule has 0 saturated heterocycles. The van der Waals surface area contributed by atoms with Crippen LogP contribution in [0.1, 0.15) is 44.9 Å². The number of hydrogen-bond acceptors (Lipinski definition) is 2. The molecule has 2 rings (SSSR count). The highest BCUT2D eigenvalue weighted by atomic mass is 16.5. The predicted octanol–water partition coefficient (Wildman–Crippen LogP) is 3.53. The molecule has 0 fully saturated rings. The lowest BCUT2D eigenvalue weighted by Gasteiger charge is -2.24. The van der Waals surface area contributed by atoms with Crippen LogP contribution in [0.3, 0.4) is 0 Å². The molecule has 1 heterocycles. The van der Waals surface area contributed by atoms with Crippen LogP contribution >= 0.6 is 0 Å². The van der Waals surface area contributed by atoms with Crippen molar-refractivity contribution >= 4 is 0 Å². The number of hydrogen-bond donors (Lipinski definition) is 1. The highest BCUT2D eigenvalue weighted by Gasteiger charge is 2.17. The summed E-state index contributed by atoms with van der Waals surface area (Å²) >= 11 is 0. The number of benzene rings is 1.